The maximum Gasteiger partial charge on any atom is 0.306 e. The van der Waals surface area contributed by atoms with Crippen molar-refractivity contribution in [3.05, 3.63) is 60.8 Å². The van der Waals surface area contributed by atoms with Gasteiger partial charge in [-0.2, -0.15) is 0 Å². The summed E-state index contributed by atoms with van der Waals surface area (Å²) in [5, 5.41) is 0. The molecular formula is C53H92O6. The van der Waals surface area contributed by atoms with Gasteiger partial charge in [0.1, 0.15) is 13.2 Å². The number of allylic oxidation sites excluding steroid dienone is 10. The first-order chi connectivity index (χ1) is 29.0. The summed E-state index contributed by atoms with van der Waals surface area (Å²) >= 11 is 0. The zero-order chi connectivity index (χ0) is 43.0. The minimum Gasteiger partial charge on any atom is -0.462 e. The topological polar surface area (TPSA) is 78.9 Å². The fourth-order valence-electron chi connectivity index (χ4n) is 6.64. The number of hydrogen-bond donors (Lipinski definition) is 0. The molecule has 6 nitrogen and oxygen atoms in total. The van der Waals surface area contributed by atoms with E-state index in [0.717, 1.165) is 109 Å². The third-order valence-corrected chi connectivity index (χ3v) is 10.5. The second-order valence-electron chi connectivity index (χ2n) is 16.4. The molecule has 0 aliphatic heterocycles. The molecule has 6 heteroatoms. The summed E-state index contributed by atoms with van der Waals surface area (Å²) in [6, 6.07) is 0. The highest BCUT2D eigenvalue weighted by Crippen LogP contribution is 2.13. The largest absolute Gasteiger partial charge is 0.462 e. The van der Waals surface area contributed by atoms with Crippen LogP contribution >= 0.6 is 0 Å². The van der Waals surface area contributed by atoms with E-state index in [1.54, 1.807) is 0 Å². The molecule has 0 aromatic heterocycles. The van der Waals surface area contributed by atoms with Crippen LogP contribution in [0.15, 0.2) is 60.8 Å². The molecular weight excluding hydrogens is 733 g/mol. The Morgan fingerprint density at radius 2 is 0.627 bits per heavy atom. The van der Waals surface area contributed by atoms with Gasteiger partial charge in [0.05, 0.1) is 0 Å². The zero-order valence-corrected chi connectivity index (χ0v) is 38.8. The van der Waals surface area contributed by atoms with E-state index in [9.17, 15) is 14.4 Å². The van der Waals surface area contributed by atoms with Gasteiger partial charge in [0, 0.05) is 19.3 Å². The Bertz CT molecular complexity index is 1090. The van der Waals surface area contributed by atoms with Gasteiger partial charge in [0.25, 0.3) is 0 Å². The smallest absolute Gasteiger partial charge is 0.306 e. The Kier molecular flexibility index (Phi) is 45.4. The van der Waals surface area contributed by atoms with Crippen LogP contribution in [0, 0.1) is 0 Å². The Morgan fingerprint density at radius 1 is 0.339 bits per heavy atom. The first kappa shape index (κ1) is 56.1. The average Bonchev–Trinajstić information content (AvgIpc) is 3.23. The Labute approximate surface area is 364 Å². The first-order valence-corrected chi connectivity index (χ1v) is 24.8. The number of hydrogen-bond acceptors (Lipinski definition) is 6. The van der Waals surface area contributed by atoms with Crippen LogP contribution in [0.25, 0.3) is 0 Å². The molecule has 0 radical (unpaired) electrons. The minimum atomic E-state index is -0.789. The minimum absolute atomic E-state index is 0.0890. The van der Waals surface area contributed by atoms with Crippen molar-refractivity contribution in [3.8, 4) is 0 Å². The molecule has 59 heavy (non-hydrogen) atoms. The van der Waals surface area contributed by atoms with Crippen LogP contribution in [0.5, 0.6) is 0 Å². The van der Waals surface area contributed by atoms with Crippen LogP contribution in [0.4, 0.5) is 0 Å². The Hall–Kier alpha value is -2.89. The highest BCUT2D eigenvalue weighted by atomic mass is 16.6. The van der Waals surface area contributed by atoms with Crippen LogP contribution in [-0.2, 0) is 28.6 Å². The second-order valence-corrected chi connectivity index (χ2v) is 16.4. The molecule has 0 N–H and O–H groups in total. The number of rotatable bonds is 44. The molecule has 0 heterocycles. The molecule has 0 aromatic carbocycles. The lowest BCUT2D eigenvalue weighted by Gasteiger charge is -2.18. The number of carbonyl (C=O) groups is 3. The lowest BCUT2D eigenvalue weighted by atomic mass is 10.1. The van der Waals surface area contributed by atoms with Crippen molar-refractivity contribution in [3.63, 3.8) is 0 Å². The van der Waals surface area contributed by atoms with Gasteiger partial charge in [0.15, 0.2) is 6.10 Å². The van der Waals surface area contributed by atoms with E-state index in [1.165, 1.54) is 89.9 Å². The van der Waals surface area contributed by atoms with Gasteiger partial charge in [0.2, 0.25) is 0 Å². The van der Waals surface area contributed by atoms with E-state index in [1.807, 2.05) is 0 Å². The molecule has 0 aliphatic carbocycles. The van der Waals surface area contributed by atoms with Gasteiger partial charge < -0.3 is 14.2 Å². The predicted octanol–water partition coefficient (Wildman–Crippen LogP) is 16.1. The van der Waals surface area contributed by atoms with Crippen molar-refractivity contribution >= 4 is 17.9 Å². The van der Waals surface area contributed by atoms with E-state index in [2.05, 4.69) is 81.5 Å². The fraction of sp³-hybridized carbons (Fsp3) is 0.755. The average molecular weight is 825 g/mol. The highest BCUT2D eigenvalue weighted by molar-refractivity contribution is 5.71. The maximum absolute atomic E-state index is 12.8. The molecule has 0 saturated heterocycles. The quantitative estimate of drug-likeness (QED) is 0.0263. The Balaban J connectivity index is 4.44. The lowest BCUT2D eigenvalue weighted by molar-refractivity contribution is -0.167. The van der Waals surface area contributed by atoms with Crippen molar-refractivity contribution in [1.29, 1.82) is 0 Å². The van der Waals surface area contributed by atoms with E-state index >= 15 is 0 Å². The molecule has 0 saturated carbocycles. The molecule has 0 aliphatic rings. The molecule has 1 atom stereocenters. The lowest BCUT2D eigenvalue weighted by Crippen LogP contribution is -2.30. The third-order valence-electron chi connectivity index (χ3n) is 10.5. The van der Waals surface area contributed by atoms with E-state index in [-0.39, 0.29) is 31.1 Å². The summed E-state index contributed by atoms with van der Waals surface area (Å²) < 4.78 is 16.7. The monoisotopic (exact) mass is 825 g/mol. The predicted molar refractivity (Wildman–Crippen MR) is 251 cm³/mol. The van der Waals surface area contributed by atoms with E-state index < -0.39 is 6.10 Å². The number of ether oxygens (including phenoxy) is 3. The number of esters is 3. The van der Waals surface area contributed by atoms with Crippen LogP contribution in [0.1, 0.15) is 239 Å². The highest BCUT2D eigenvalue weighted by Gasteiger charge is 2.19. The normalized spacial score (nSPS) is 12.5. The van der Waals surface area contributed by atoms with Crippen LogP contribution in [0.2, 0.25) is 0 Å². The zero-order valence-electron chi connectivity index (χ0n) is 38.8. The second kappa shape index (κ2) is 47.8. The fourth-order valence-corrected chi connectivity index (χ4v) is 6.64. The maximum atomic E-state index is 12.8. The number of unbranched alkanes of at least 4 members (excludes halogenated alkanes) is 23. The van der Waals surface area contributed by atoms with Gasteiger partial charge >= 0.3 is 17.9 Å². The molecule has 0 aromatic rings. The van der Waals surface area contributed by atoms with Gasteiger partial charge in [-0.3, -0.25) is 14.4 Å². The first-order valence-electron chi connectivity index (χ1n) is 24.8. The Morgan fingerprint density at radius 3 is 1.00 bits per heavy atom. The summed E-state index contributed by atoms with van der Waals surface area (Å²) in [6.07, 6.45) is 57.6. The SMILES string of the molecule is CCCC/C=C/C/C=C/CCCCCCCC(=O)OC[C@@H](COC(=O)CCCCCCC/C=C/CCCCCC)OC(=O)CCCCCCC/C=C/C/C=C/CCCC. The van der Waals surface area contributed by atoms with Gasteiger partial charge in [-0.1, -0.05) is 184 Å². The van der Waals surface area contributed by atoms with E-state index in [0.29, 0.717) is 19.3 Å². The molecule has 0 rings (SSSR count). The van der Waals surface area contributed by atoms with Crippen molar-refractivity contribution < 1.29 is 28.6 Å². The molecule has 0 unspecified atom stereocenters. The van der Waals surface area contributed by atoms with Crippen molar-refractivity contribution in [2.75, 3.05) is 13.2 Å². The van der Waals surface area contributed by atoms with Crippen molar-refractivity contribution in [2.24, 2.45) is 0 Å². The third kappa shape index (κ3) is 46.0. The van der Waals surface area contributed by atoms with E-state index in [4.69, 9.17) is 14.2 Å². The summed E-state index contributed by atoms with van der Waals surface area (Å²) in [5.74, 6) is -0.925. The van der Waals surface area contributed by atoms with Crippen LogP contribution in [-0.4, -0.2) is 37.2 Å². The summed E-state index contributed by atoms with van der Waals surface area (Å²) in [4.78, 5) is 37.9. The van der Waals surface area contributed by atoms with Gasteiger partial charge in [-0.05, 0) is 96.3 Å². The molecule has 0 amide bonds. The van der Waals surface area contributed by atoms with Crippen LogP contribution < -0.4 is 0 Å². The molecule has 0 spiro atoms. The van der Waals surface area contributed by atoms with Crippen molar-refractivity contribution in [2.45, 2.75) is 245 Å². The molecule has 0 bridgehead atoms. The standard InChI is InChI=1S/C53H92O6/c1-4-7-10-13-16-19-22-25-28-31-34-37-40-43-46-52(55)58-49-50(48-57-51(54)45-42-39-36-33-30-27-24-21-18-15-12-9-6-3)59-53(56)47-44-41-38-35-32-29-26-23-20-17-14-11-8-5-2/h13-14,16-17,21-26,50H,4-12,15,18-20,27-49H2,1-3H3/b16-13+,17-14+,24-21+,25-22+,26-23+/t50-/m1/s1. The summed E-state index contributed by atoms with van der Waals surface area (Å²) in [7, 11) is 0. The van der Waals surface area contributed by atoms with Crippen LogP contribution in [0.3, 0.4) is 0 Å². The van der Waals surface area contributed by atoms with Crippen molar-refractivity contribution in [1.82, 2.24) is 0 Å². The van der Waals surface area contributed by atoms with Gasteiger partial charge in [-0.25, -0.2) is 0 Å². The summed E-state index contributed by atoms with van der Waals surface area (Å²) in [6.45, 7) is 6.51. The number of carbonyl (C=O) groups excluding carboxylic acids is 3. The molecule has 340 valence electrons. The molecule has 0 fully saturated rings. The van der Waals surface area contributed by atoms with Gasteiger partial charge in [-0.15, -0.1) is 0 Å². The summed E-state index contributed by atoms with van der Waals surface area (Å²) in [5.41, 5.74) is 0.